The van der Waals surface area contributed by atoms with E-state index < -0.39 is 0 Å². The first-order valence-electron chi connectivity index (χ1n) is 8.39. The molecule has 0 radical (unpaired) electrons. The molecule has 0 saturated heterocycles. The van der Waals surface area contributed by atoms with Gasteiger partial charge in [-0.15, -0.1) is 0 Å². The van der Waals surface area contributed by atoms with E-state index in [1.54, 1.807) is 7.11 Å². The fraction of sp³-hybridized carbons (Fsp3) is 0.350. The van der Waals surface area contributed by atoms with Gasteiger partial charge in [0.2, 0.25) is 5.91 Å². The highest BCUT2D eigenvalue weighted by atomic mass is 16.5. The first kappa shape index (κ1) is 17.9. The van der Waals surface area contributed by atoms with E-state index in [2.05, 4.69) is 48.3 Å². The van der Waals surface area contributed by atoms with Crippen molar-refractivity contribution in [1.29, 1.82) is 0 Å². The number of carbonyl (C=O) groups excluding carboxylic acids is 1. The standard InChI is InChI=1S/C20H26N2O2/c1-4-22(5-2)18-10-6-17(7-11-18)15-21-20(23)14-16-8-12-19(24-3)13-9-16/h6-13H,4-5,14-15H2,1-3H3,(H,21,23). The van der Waals surface area contributed by atoms with Gasteiger partial charge in [0, 0.05) is 25.3 Å². The van der Waals surface area contributed by atoms with E-state index in [9.17, 15) is 4.79 Å². The molecule has 0 fully saturated rings. The number of amides is 1. The number of anilines is 1. The number of ether oxygens (including phenoxy) is 1. The van der Waals surface area contributed by atoms with Crippen LogP contribution in [0.25, 0.3) is 0 Å². The van der Waals surface area contributed by atoms with E-state index in [1.807, 2.05) is 24.3 Å². The van der Waals surface area contributed by atoms with Crippen LogP contribution in [-0.4, -0.2) is 26.1 Å². The van der Waals surface area contributed by atoms with E-state index in [0.717, 1.165) is 30.0 Å². The maximum Gasteiger partial charge on any atom is 0.224 e. The summed E-state index contributed by atoms with van der Waals surface area (Å²) in [5.41, 5.74) is 3.30. The molecule has 1 amide bonds. The number of methoxy groups -OCH3 is 1. The predicted octanol–water partition coefficient (Wildman–Crippen LogP) is 3.40. The summed E-state index contributed by atoms with van der Waals surface area (Å²) < 4.78 is 5.12. The number of benzene rings is 2. The molecular formula is C20H26N2O2. The summed E-state index contributed by atoms with van der Waals surface area (Å²) in [5, 5.41) is 2.97. The van der Waals surface area contributed by atoms with Crippen molar-refractivity contribution in [3.8, 4) is 5.75 Å². The summed E-state index contributed by atoms with van der Waals surface area (Å²) in [4.78, 5) is 14.4. The zero-order valence-corrected chi connectivity index (χ0v) is 14.7. The number of nitrogens with zero attached hydrogens (tertiary/aromatic N) is 1. The van der Waals surface area contributed by atoms with Crippen molar-refractivity contribution in [3.05, 3.63) is 59.7 Å². The average Bonchev–Trinajstić information content (AvgIpc) is 2.63. The number of nitrogens with one attached hydrogen (secondary N) is 1. The normalized spacial score (nSPS) is 10.3. The second-order valence-corrected chi connectivity index (χ2v) is 5.64. The summed E-state index contributed by atoms with van der Waals surface area (Å²) in [6, 6.07) is 15.9. The number of carbonyl (C=O) groups is 1. The third-order valence-electron chi connectivity index (χ3n) is 4.08. The van der Waals surface area contributed by atoms with Gasteiger partial charge in [0.1, 0.15) is 5.75 Å². The van der Waals surface area contributed by atoms with Crippen LogP contribution in [0.5, 0.6) is 5.75 Å². The minimum Gasteiger partial charge on any atom is -0.497 e. The summed E-state index contributed by atoms with van der Waals surface area (Å²) >= 11 is 0. The lowest BCUT2D eigenvalue weighted by molar-refractivity contribution is -0.120. The van der Waals surface area contributed by atoms with Crippen LogP contribution >= 0.6 is 0 Å². The molecule has 2 aromatic carbocycles. The van der Waals surface area contributed by atoms with Crippen LogP contribution in [0.3, 0.4) is 0 Å². The van der Waals surface area contributed by atoms with Crippen LogP contribution in [0.2, 0.25) is 0 Å². The van der Waals surface area contributed by atoms with Crippen molar-refractivity contribution in [3.63, 3.8) is 0 Å². The van der Waals surface area contributed by atoms with Gasteiger partial charge in [-0.25, -0.2) is 0 Å². The highest BCUT2D eigenvalue weighted by Crippen LogP contribution is 2.15. The van der Waals surface area contributed by atoms with Crippen molar-refractivity contribution in [2.75, 3.05) is 25.1 Å². The fourth-order valence-corrected chi connectivity index (χ4v) is 2.61. The molecule has 0 aliphatic rings. The van der Waals surface area contributed by atoms with Crippen molar-refractivity contribution < 1.29 is 9.53 Å². The zero-order chi connectivity index (χ0) is 17.4. The molecule has 2 rings (SSSR count). The van der Waals surface area contributed by atoms with Crippen LogP contribution in [0.15, 0.2) is 48.5 Å². The molecule has 0 aliphatic carbocycles. The third kappa shape index (κ3) is 5.01. The van der Waals surface area contributed by atoms with Gasteiger partial charge in [-0.1, -0.05) is 24.3 Å². The van der Waals surface area contributed by atoms with Crippen molar-refractivity contribution in [1.82, 2.24) is 5.32 Å². The quantitative estimate of drug-likeness (QED) is 0.808. The van der Waals surface area contributed by atoms with Crippen LogP contribution in [0, 0.1) is 0 Å². The van der Waals surface area contributed by atoms with Gasteiger partial charge in [0.15, 0.2) is 0 Å². The molecular weight excluding hydrogens is 300 g/mol. The predicted molar refractivity (Wildman–Crippen MR) is 98.5 cm³/mol. The number of rotatable bonds is 8. The molecule has 4 nitrogen and oxygen atoms in total. The second-order valence-electron chi connectivity index (χ2n) is 5.64. The van der Waals surface area contributed by atoms with Gasteiger partial charge >= 0.3 is 0 Å². The SMILES string of the molecule is CCN(CC)c1ccc(CNC(=O)Cc2ccc(OC)cc2)cc1. The van der Waals surface area contributed by atoms with Crippen LogP contribution in [-0.2, 0) is 17.8 Å². The largest absolute Gasteiger partial charge is 0.497 e. The Kier molecular flexibility index (Phi) is 6.67. The van der Waals surface area contributed by atoms with Gasteiger partial charge < -0.3 is 15.0 Å². The third-order valence-corrected chi connectivity index (χ3v) is 4.08. The van der Waals surface area contributed by atoms with Crippen LogP contribution < -0.4 is 15.0 Å². The molecule has 0 bridgehead atoms. The van der Waals surface area contributed by atoms with Gasteiger partial charge in [-0.3, -0.25) is 4.79 Å². The van der Waals surface area contributed by atoms with Gasteiger partial charge in [0.05, 0.1) is 13.5 Å². The average molecular weight is 326 g/mol. The van der Waals surface area contributed by atoms with Crippen LogP contribution in [0.1, 0.15) is 25.0 Å². The van der Waals surface area contributed by atoms with E-state index in [0.29, 0.717) is 13.0 Å². The maximum atomic E-state index is 12.1. The van der Waals surface area contributed by atoms with E-state index >= 15 is 0 Å². The molecule has 0 aliphatic heterocycles. The molecule has 0 unspecified atom stereocenters. The molecule has 0 heterocycles. The van der Waals surface area contributed by atoms with Crippen LogP contribution in [0.4, 0.5) is 5.69 Å². The Morgan fingerprint density at radius 3 is 2.08 bits per heavy atom. The van der Waals surface area contributed by atoms with Crippen molar-refractivity contribution in [2.45, 2.75) is 26.8 Å². The second kappa shape index (κ2) is 8.96. The first-order chi connectivity index (χ1) is 11.7. The van der Waals surface area contributed by atoms with E-state index in [4.69, 9.17) is 4.74 Å². The Morgan fingerprint density at radius 1 is 0.958 bits per heavy atom. The lowest BCUT2D eigenvalue weighted by Crippen LogP contribution is -2.24. The van der Waals surface area contributed by atoms with Crippen molar-refractivity contribution in [2.24, 2.45) is 0 Å². The topological polar surface area (TPSA) is 41.6 Å². The number of hydrogen-bond acceptors (Lipinski definition) is 3. The summed E-state index contributed by atoms with van der Waals surface area (Å²) in [6.07, 6.45) is 0.377. The zero-order valence-electron chi connectivity index (χ0n) is 14.7. The monoisotopic (exact) mass is 326 g/mol. The van der Waals surface area contributed by atoms with Gasteiger partial charge in [-0.05, 0) is 49.2 Å². The van der Waals surface area contributed by atoms with Crippen molar-refractivity contribution >= 4 is 11.6 Å². The molecule has 128 valence electrons. The van der Waals surface area contributed by atoms with Gasteiger partial charge in [-0.2, -0.15) is 0 Å². The smallest absolute Gasteiger partial charge is 0.224 e. The summed E-state index contributed by atoms with van der Waals surface area (Å²) in [6.45, 7) is 6.84. The number of hydrogen-bond donors (Lipinski definition) is 1. The Hall–Kier alpha value is -2.49. The van der Waals surface area contributed by atoms with E-state index in [1.165, 1.54) is 5.69 Å². The fourth-order valence-electron chi connectivity index (χ4n) is 2.61. The summed E-state index contributed by atoms with van der Waals surface area (Å²) in [5.74, 6) is 0.820. The highest BCUT2D eigenvalue weighted by molar-refractivity contribution is 5.78. The molecule has 1 N–H and O–H groups in total. The Morgan fingerprint density at radius 2 is 1.54 bits per heavy atom. The lowest BCUT2D eigenvalue weighted by atomic mass is 10.1. The molecule has 0 saturated carbocycles. The molecule has 0 atom stereocenters. The maximum absolute atomic E-state index is 12.1. The molecule has 2 aromatic rings. The van der Waals surface area contributed by atoms with Gasteiger partial charge in [0.25, 0.3) is 0 Å². The Labute approximate surface area is 144 Å². The lowest BCUT2D eigenvalue weighted by Gasteiger charge is -2.21. The Balaban J connectivity index is 1.84. The minimum absolute atomic E-state index is 0.0213. The van der Waals surface area contributed by atoms with E-state index in [-0.39, 0.29) is 5.91 Å². The summed E-state index contributed by atoms with van der Waals surface area (Å²) in [7, 11) is 1.63. The Bertz CT molecular complexity index is 632. The molecule has 0 spiro atoms. The highest BCUT2D eigenvalue weighted by Gasteiger charge is 2.05. The first-order valence-corrected chi connectivity index (χ1v) is 8.39. The molecule has 4 heteroatoms. The molecule has 0 aromatic heterocycles. The minimum atomic E-state index is 0.0213. The molecule has 24 heavy (non-hydrogen) atoms.